The van der Waals surface area contributed by atoms with Gasteiger partial charge < -0.3 is 5.32 Å². The van der Waals surface area contributed by atoms with Crippen molar-refractivity contribution < 1.29 is 0 Å². The first-order chi connectivity index (χ1) is 8.65. The molecule has 0 amide bonds. The average Bonchev–Trinajstić information content (AvgIpc) is 2.88. The summed E-state index contributed by atoms with van der Waals surface area (Å²) in [5.41, 5.74) is 4.54. The maximum Gasteiger partial charge on any atom is 0.0328 e. The standard InChI is InChI=1S/C17H25N/c1-11-4-6-14-7-9-17(15(14)10-11)18-16-8-5-12(2)13(16)3/h4,6,10,12-13,16-18H,5,7-9H2,1-3H3. The minimum absolute atomic E-state index is 0.609. The second-order valence-corrected chi connectivity index (χ2v) is 6.48. The van der Waals surface area contributed by atoms with E-state index < -0.39 is 0 Å². The van der Waals surface area contributed by atoms with Gasteiger partial charge in [-0.1, -0.05) is 37.6 Å². The van der Waals surface area contributed by atoms with Crippen molar-refractivity contribution in [3.05, 3.63) is 34.9 Å². The van der Waals surface area contributed by atoms with Crippen LogP contribution in [0.5, 0.6) is 0 Å². The summed E-state index contributed by atoms with van der Waals surface area (Å²) >= 11 is 0. The SMILES string of the molecule is Cc1ccc2c(c1)C(NC1CCC(C)C1C)CC2. The predicted octanol–water partition coefficient (Wildman–Crippen LogP) is 4.01. The lowest BCUT2D eigenvalue weighted by atomic mass is 9.96. The van der Waals surface area contributed by atoms with E-state index in [9.17, 15) is 0 Å². The molecule has 0 aromatic heterocycles. The van der Waals surface area contributed by atoms with Crippen LogP contribution in [0, 0.1) is 18.8 Å². The Morgan fingerprint density at radius 2 is 1.94 bits per heavy atom. The number of aryl methyl sites for hydroxylation is 2. The zero-order valence-corrected chi connectivity index (χ0v) is 11.9. The van der Waals surface area contributed by atoms with Gasteiger partial charge in [0, 0.05) is 12.1 Å². The molecule has 18 heavy (non-hydrogen) atoms. The molecule has 2 aliphatic rings. The Labute approximate surface area is 111 Å². The molecule has 4 atom stereocenters. The first-order valence-corrected chi connectivity index (χ1v) is 7.50. The van der Waals surface area contributed by atoms with E-state index in [1.54, 1.807) is 11.1 Å². The summed E-state index contributed by atoms with van der Waals surface area (Å²) in [7, 11) is 0. The predicted molar refractivity (Wildman–Crippen MR) is 76.7 cm³/mol. The van der Waals surface area contributed by atoms with E-state index in [1.807, 2.05) is 0 Å². The Morgan fingerprint density at radius 1 is 1.11 bits per heavy atom. The molecule has 0 bridgehead atoms. The third-order valence-corrected chi connectivity index (χ3v) is 5.26. The molecule has 1 aromatic rings. The van der Waals surface area contributed by atoms with Crippen molar-refractivity contribution in [3.8, 4) is 0 Å². The maximum absolute atomic E-state index is 3.94. The summed E-state index contributed by atoms with van der Waals surface area (Å²) in [5.74, 6) is 1.72. The van der Waals surface area contributed by atoms with Crippen LogP contribution >= 0.6 is 0 Å². The second kappa shape index (κ2) is 4.70. The lowest BCUT2D eigenvalue weighted by molar-refractivity contribution is 0.338. The fraction of sp³-hybridized carbons (Fsp3) is 0.647. The van der Waals surface area contributed by atoms with Crippen molar-refractivity contribution in [2.45, 2.75) is 58.5 Å². The van der Waals surface area contributed by atoms with Crippen molar-refractivity contribution in [1.82, 2.24) is 5.32 Å². The normalized spacial score (nSPS) is 34.8. The molecular formula is C17H25N. The zero-order valence-electron chi connectivity index (χ0n) is 11.9. The largest absolute Gasteiger partial charge is 0.307 e. The fourth-order valence-corrected chi connectivity index (χ4v) is 3.75. The zero-order chi connectivity index (χ0) is 12.7. The smallest absolute Gasteiger partial charge is 0.0328 e. The van der Waals surface area contributed by atoms with Crippen molar-refractivity contribution in [2.24, 2.45) is 11.8 Å². The molecule has 1 aromatic carbocycles. The Kier molecular flexibility index (Phi) is 3.19. The number of hydrogen-bond acceptors (Lipinski definition) is 1. The molecule has 0 aliphatic heterocycles. The highest BCUT2D eigenvalue weighted by molar-refractivity contribution is 5.37. The lowest BCUT2D eigenvalue weighted by Crippen LogP contribution is -2.34. The van der Waals surface area contributed by atoms with Gasteiger partial charge in [-0.2, -0.15) is 0 Å². The minimum Gasteiger partial charge on any atom is -0.307 e. The highest BCUT2D eigenvalue weighted by atomic mass is 15.0. The van der Waals surface area contributed by atoms with E-state index >= 15 is 0 Å². The highest BCUT2D eigenvalue weighted by Gasteiger charge is 2.33. The van der Waals surface area contributed by atoms with Crippen LogP contribution in [0.1, 0.15) is 55.8 Å². The van der Waals surface area contributed by atoms with Gasteiger partial charge in [0.2, 0.25) is 0 Å². The number of fused-ring (bicyclic) bond motifs is 1. The van der Waals surface area contributed by atoms with Crippen molar-refractivity contribution >= 4 is 0 Å². The van der Waals surface area contributed by atoms with Crippen LogP contribution in [0.25, 0.3) is 0 Å². The van der Waals surface area contributed by atoms with Gasteiger partial charge in [0.15, 0.2) is 0 Å². The van der Waals surface area contributed by atoms with E-state index in [0.29, 0.717) is 6.04 Å². The highest BCUT2D eigenvalue weighted by Crippen LogP contribution is 2.37. The molecule has 0 radical (unpaired) electrons. The minimum atomic E-state index is 0.609. The average molecular weight is 243 g/mol. The molecule has 1 fully saturated rings. The van der Waals surface area contributed by atoms with E-state index in [2.05, 4.69) is 44.3 Å². The summed E-state index contributed by atoms with van der Waals surface area (Å²) in [6.45, 7) is 7.02. The molecule has 1 heteroatoms. The first-order valence-electron chi connectivity index (χ1n) is 7.50. The number of rotatable bonds is 2. The van der Waals surface area contributed by atoms with Crippen LogP contribution in [-0.4, -0.2) is 6.04 Å². The van der Waals surface area contributed by atoms with Crippen LogP contribution in [0.2, 0.25) is 0 Å². The van der Waals surface area contributed by atoms with Crippen LogP contribution in [0.15, 0.2) is 18.2 Å². The van der Waals surface area contributed by atoms with Crippen molar-refractivity contribution in [1.29, 1.82) is 0 Å². The molecule has 0 heterocycles. The van der Waals surface area contributed by atoms with Gasteiger partial charge in [0.05, 0.1) is 0 Å². The molecule has 98 valence electrons. The molecule has 2 aliphatic carbocycles. The van der Waals surface area contributed by atoms with E-state index in [4.69, 9.17) is 0 Å². The first kappa shape index (κ1) is 12.2. The monoisotopic (exact) mass is 243 g/mol. The molecule has 1 nitrogen and oxygen atoms in total. The molecule has 4 unspecified atom stereocenters. The molecule has 0 saturated heterocycles. The summed E-state index contributed by atoms with van der Waals surface area (Å²) in [4.78, 5) is 0. The summed E-state index contributed by atoms with van der Waals surface area (Å²) < 4.78 is 0. The van der Waals surface area contributed by atoms with Crippen LogP contribution in [0.3, 0.4) is 0 Å². The number of nitrogens with one attached hydrogen (secondary N) is 1. The number of benzene rings is 1. The van der Waals surface area contributed by atoms with Crippen molar-refractivity contribution in [2.75, 3.05) is 0 Å². The van der Waals surface area contributed by atoms with Gasteiger partial charge in [-0.3, -0.25) is 0 Å². The Balaban J connectivity index is 1.75. The molecule has 1 saturated carbocycles. The van der Waals surface area contributed by atoms with Gasteiger partial charge in [-0.15, -0.1) is 0 Å². The van der Waals surface area contributed by atoms with Crippen molar-refractivity contribution in [3.63, 3.8) is 0 Å². The third kappa shape index (κ3) is 2.09. The quantitative estimate of drug-likeness (QED) is 0.827. The van der Waals surface area contributed by atoms with Gasteiger partial charge in [0.1, 0.15) is 0 Å². The second-order valence-electron chi connectivity index (χ2n) is 6.48. The lowest BCUT2D eigenvalue weighted by Gasteiger charge is -2.24. The van der Waals surface area contributed by atoms with Gasteiger partial charge in [-0.05, 0) is 55.6 Å². The fourth-order valence-electron chi connectivity index (χ4n) is 3.75. The topological polar surface area (TPSA) is 12.0 Å². The van der Waals surface area contributed by atoms with Gasteiger partial charge in [0.25, 0.3) is 0 Å². The van der Waals surface area contributed by atoms with E-state index in [-0.39, 0.29) is 0 Å². The molecular weight excluding hydrogens is 218 g/mol. The van der Waals surface area contributed by atoms with Crippen LogP contribution in [0.4, 0.5) is 0 Å². The third-order valence-electron chi connectivity index (χ3n) is 5.26. The van der Waals surface area contributed by atoms with E-state index in [0.717, 1.165) is 17.9 Å². The molecule has 0 spiro atoms. The molecule has 3 rings (SSSR count). The summed E-state index contributed by atoms with van der Waals surface area (Å²) in [6.07, 6.45) is 5.30. The Morgan fingerprint density at radius 3 is 2.67 bits per heavy atom. The van der Waals surface area contributed by atoms with Crippen LogP contribution < -0.4 is 5.32 Å². The molecule has 1 N–H and O–H groups in total. The number of hydrogen-bond donors (Lipinski definition) is 1. The summed E-state index contributed by atoms with van der Waals surface area (Å²) in [6, 6.07) is 8.31. The maximum atomic E-state index is 3.94. The summed E-state index contributed by atoms with van der Waals surface area (Å²) in [5, 5.41) is 3.94. The van der Waals surface area contributed by atoms with Gasteiger partial charge in [-0.25, -0.2) is 0 Å². The van der Waals surface area contributed by atoms with E-state index in [1.165, 1.54) is 31.2 Å². The van der Waals surface area contributed by atoms with Crippen LogP contribution in [-0.2, 0) is 6.42 Å². The van der Waals surface area contributed by atoms with Gasteiger partial charge >= 0.3 is 0 Å². The Hall–Kier alpha value is -0.820. The Bertz CT molecular complexity index is 437.